The Labute approximate surface area is 403 Å². The molecule has 0 aromatic rings. The number of aliphatic hydroxyl groups is 2. The summed E-state index contributed by atoms with van der Waals surface area (Å²) >= 11 is 0. The number of aliphatic hydroxyl groups excluding tert-OH is 2. The number of esters is 1. The topological polar surface area (TPSA) is 95.9 Å². The molecule has 0 radical (unpaired) electrons. The highest BCUT2D eigenvalue weighted by molar-refractivity contribution is 5.77. The number of hydrogen-bond donors (Lipinski definition) is 3. The third kappa shape index (κ3) is 47.8. The maximum absolute atomic E-state index is 13.2. The summed E-state index contributed by atoms with van der Waals surface area (Å²) in [6.07, 6.45) is 65.6. The van der Waals surface area contributed by atoms with Gasteiger partial charge in [-0.1, -0.05) is 248 Å². The van der Waals surface area contributed by atoms with E-state index in [1.165, 1.54) is 141 Å². The van der Waals surface area contributed by atoms with E-state index in [-0.39, 0.29) is 24.9 Å². The first-order valence-corrected chi connectivity index (χ1v) is 28.1. The molecule has 0 bridgehead atoms. The molecular weight excluding hydrogens is 803 g/mol. The van der Waals surface area contributed by atoms with Crippen LogP contribution < -0.4 is 5.32 Å². The Morgan fingerprint density at radius 1 is 0.446 bits per heavy atom. The molecule has 3 unspecified atom stereocenters. The lowest BCUT2D eigenvalue weighted by molar-refractivity contribution is -0.151. The van der Waals surface area contributed by atoms with Crippen molar-refractivity contribution in [3.63, 3.8) is 0 Å². The van der Waals surface area contributed by atoms with Crippen LogP contribution in [-0.2, 0) is 14.3 Å². The van der Waals surface area contributed by atoms with Crippen LogP contribution in [0.3, 0.4) is 0 Å². The number of ether oxygens (including phenoxy) is 1. The van der Waals surface area contributed by atoms with E-state index in [4.69, 9.17) is 4.74 Å². The standard InChI is InChI=1S/C59H107NO5/c1-4-7-10-13-16-19-22-25-27-29-30-32-34-37-40-43-46-49-52-59(64)65-55(50-47-44-41-38-35-33-31-28-26-23-20-17-14-11-8-5-2)53-58(63)60-56(54-61)57(62)51-48-45-42-39-36-24-21-18-15-12-9-6-3/h22,25,27-33,35,55-57,61-62H,4-21,23-24,26,34,36-54H2,1-3H3,(H,60,63)/b25-22+,29-27+,31-28+,32-30+,35-33+. The molecule has 3 N–H and O–H groups in total. The molecule has 3 atom stereocenters. The van der Waals surface area contributed by atoms with Crippen LogP contribution in [0.1, 0.15) is 278 Å². The molecule has 0 aliphatic carbocycles. The third-order valence-corrected chi connectivity index (χ3v) is 12.7. The Kier molecular flexibility index (Phi) is 50.6. The second-order valence-corrected chi connectivity index (χ2v) is 19.1. The maximum atomic E-state index is 13.2. The van der Waals surface area contributed by atoms with E-state index in [9.17, 15) is 19.8 Å². The van der Waals surface area contributed by atoms with E-state index in [0.717, 1.165) is 89.9 Å². The first-order chi connectivity index (χ1) is 32.0. The molecule has 1 amide bonds. The van der Waals surface area contributed by atoms with E-state index in [0.29, 0.717) is 19.3 Å². The van der Waals surface area contributed by atoms with Gasteiger partial charge < -0.3 is 20.3 Å². The fourth-order valence-electron chi connectivity index (χ4n) is 8.36. The molecule has 6 heteroatoms. The van der Waals surface area contributed by atoms with Crippen LogP contribution >= 0.6 is 0 Å². The van der Waals surface area contributed by atoms with Crippen LogP contribution in [-0.4, -0.2) is 46.9 Å². The van der Waals surface area contributed by atoms with Crippen LogP contribution in [0, 0.1) is 0 Å². The minimum absolute atomic E-state index is 0.0507. The van der Waals surface area contributed by atoms with Gasteiger partial charge in [-0.05, 0) is 77.0 Å². The normalized spacial score (nSPS) is 13.6. The van der Waals surface area contributed by atoms with Crippen molar-refractivity contribution < 1.29 is 24.5 Å². The molecule has 0 aliphatic heterocycles. The summed E-state index contributed by atoms with van der Waals surface area (Å²) in [5, 5.41) is 23.8. The van der Waals surface area contributed by atoms with Crippen LogP contribution in [0.2, 0.25) is 0 Å². The van der Waals surface area contributed by atoms with E-state index < -0.39 is 18.2 Å². The molecule has 0 aromatic carbocycles. The van der Waals surface area contributed by atoms with Crippen LogP contribution in [0.25, 0.3) is 0 Å². The van der Waals surface area contributed by atoms with Gasteiger partial charge in [0.1, 0.15) is 6.10 Å². The Bertz CT molecular complexity index is 1160. The van der Waals surface area contributed by atoms with Gasteiger partial charge in [0.2, 0.25) is 5.91 Å². The highest BCUT2D eigenvalue weighted by Gasteiger charge is 2.24. The SMILES string of the molecule is CCCCCCC/C=C/C=C/C=C/CCCCCCCC(=O)OC(CCCCC/C=C/C=C/CCCCCCCCC)CC(=O)NC(CO)C(O)CCCCCCCCCCCCCC. The van der Waals surface area contributed by atoms with Gasteiger partial charge in [-0.2, -0.15) is 0 Å². The Hall–Kier alpha value is -2.44. The Morgan fingerprint density at radius 3 is 1.20 bits per heavy atom. The van der Waals surface area contributed by atoms with Gasteiger partial charge in [-0.25, -0.2) is 0 Å². The van der Waals surface area contributed by atoms with Gasteiger partial charge in [0.15, 0.2) is 0 Å². The highest BCUT2D eigenvalue weighted by atomic mass is 16.5. The average molecular weight is 911 g/mol. The average Bonchev–Trinajstić information content (AvgIpc) is 3.30. The van der Waals surface area contributed by atoms with Crippen LogP contribution in [0.15, 0.2) is 60.8 Å². The van der Waals surface area contributed by atoms with Crippen molar-refractivity contribution in [2.75, 3.05) is 6.61 Å². The number of nitrogens with one attached hydrogen (secondary N) is 1. The molecule has 0 spiro atoms. The zero-order valence-corrected chi connectivity index (χ0v) is 43.1. The molecular formula is C59H107NO5. The van der Waals surface area contributed by atoms with Gasteiger partial charge in [0.05, 0.1) is 25.2 Å². The maximum Gasteiger partial charge on any atom is 0.306 e. The summed E-state index contributed by atoms with van der Waals surface area (Å²) in [5.74, 6) is -0.518. The van der Waals surface area contributed by atoms with Gasteiger partial charge >= 0.3 is 5.97 Å². The molecule has 0 rings (SSSR count). The van der Waals surface area contributed by atoms with E-state index in [1.807, 2.05) is 0 Å². The van der Waals surface area contributed by atoms with Gasteiger partial charge in [0.25, 0.3) is 0 Å². The van der Waals surface area contributed by atoms with Crippen molar-refractivity contribution in [2.24, 2.45) is 0 Å². The fourth-order valence-corrected chi connectivity index (χ4v) is 8.36. The van der Waals surface area contributed by atoms with Crippen molar-refractivity contribution in [2.45, 2.75) is 296 Å². The van der Waals surface area contributed by atoms with Crippen LogP contribution in [0.5, 0.6) is 0 Å². The lowest BCUT2D eigenvalue weighted by atomic mass is 10.0. The smallest absolute Gasteiger partial charge is 0.306 e. The summed E-state index contributed by atoms with van der Waals surface area (Å²) in [5.41, 5.74) is 0. The second kappa shape index (κ2) is 52.5. The molecule has 0 saturated heterocycles. The number of hydrogen-bond acceptors (Lipinski definition) is 5. The summed E-state index contributed by atoms with van der Waals surface area (Å²) in [6, 6.07) is -0.716. The minimum Gasteiger partial charge on any atom is -0.462 e. The predicted octanol–water partition coefficient (Wildman–Crippen LogP) is 17.2. The van der Waals surface area contributed by atoms with E-state index in [1.54, 1.807) is 0 Å². The zero-order chi connectivity index (χ0) is 47.4. The summed E-state index contributed by atoms with van der Waals surface area (Å²) in [7, 11) is 0. The minimum atomic E-state index is -0.800. The van der Waals surface area contributed by atoms with Crippen molar-refractivity contribution in [1.29, 1.82) is 0 Å². The fraction of sp³-hybridized carbons (Fsp3) is 0.797. The molecule has 0 aromatic heterocycles. The quantitative estimate of drug-likeness (QED) is 0.0321. The molecule has 0 fully saturated rings. The van der Waals surface area contributed by atoms with Crippen molar-refractivity contribution in [1.82, 2.24) is 5.32 Å². The Balaban J connectivity index is 4.66. The predicted molar refractivity (Wildman–Crippen MR) is 282 cm³/mol. The molecule has 6 nitrogen and oxygen atoms in total. The van der Waals surface area contributed by atoms with Crippen LogP contribution in [0.4, 0.5) is 0 Å². The number of allylic oxidation sites excluding steroid dienone is 10. The lowest BCUT2D eigenvalue weighted by Crippen LogP contribution is -2.46. The number of carbonyl (C=O) groups excluding carboxylic acids is 2. The molecule has 0 heterocycles. The Morgan fingerprint density at radius 2 is 0.785 bits per heavy atom. The largest absolute Gasteiger partial charge is 0.462 e. The summed E-state index contributed by atoms with van der Waals surface area (Å²) < 4.78 is 5.93. The lowest BCUT2D eigenvalue weighted by Gasteiger charge is -2.24. The number of amides is 1. The van der Waals surface area contributed by atoms with Gasteiger partial charge in [-0.3, -0.25) is 9.59 Å². The first-order valence-electron chi connectivity index (χ1n) is 28.1. The third-order valence-electron chi connectivity index (χ3n) is 12.7. The summed E-state index contributed by atoms with van der Waals surface area (Å²) in [4.78, 5) is 26.2. The second-order valence-electron chi connectivity index (χ2n) is 19.1. The van der Waals surface area contributed by atoms with E-state index >= 15 is 0 Å². The molecule has 65 heavy (non-hydrogen) atoms. The highest BCUT2D eigenvalue weighted by Crippen LogP contribution is 2.17. The van der Waals surface area contributed by atoms with Gasteiger partial charge in [-0.15, -0.1) is 0 Å². The number of unbranched alkanes of at least 4 members (excludes halogenated alkanes) is 31. The molecule has 0 aliphatic rings. The van der Waals surface area contributed by atoms with Crippen molar-refractivity contribution in [3.05, 3.63) is 60.8 Å². The van der Waals surface area contributed by atoms with Gasteiger partial charge in [0, 0.05) is 6.42 Å². The van der Waals surface area contributed by atoms with Crippen molar-refractivity contribution in [3.8, 4) is 0 Å². The first kappa shape index (κ1) is 62.6. The zero-order valence-electron chi connectivity index (χ0n) is 43.1. The molecule has 378 valence electrons. The van der Waals surface area contributed by atoms with Crippen molar-refractivity contribution >= 4 is 11.9 Å². The number of rotatable bonds is 50. The summed E-state index contributed by atoms with van der Waals surface area (Å²) in [6.45, 7) is 6.46. The van der Waals surface area contributed by atoms with E-state index in [2.05, 4.69) is 86.8 Å². The monoisotopic (exact) mass is 910 g/mol. The number of carbonyl (C=O) groups is 2. The molecule has 0 saturated carbocycles.